The number of hydrogen-bond acceptors (Lipinski definition) is 10. The number of fused-ring (bicyclic) bond motifs is 2. The molecule has 0 unspecified atom stereocenters. The van der Waals surface area contributed by atoms with Gasteiger partial charge >= 0.3 is 23.9 Å². The van der Waals surface area contributed by atoms with Crippen molar-refractivity contribution in [3.8, 4) is 0 Å². The molecule has 0 fully saturated rings. The zero-order valence-corrected chi connectivity index (χ0v) is 43.1. The molecule has 0 heterocycles. The lowest BCUT2D eigenvalue weighted by Crippen LogP contribution is -2.49. The van der Waals surface area contributed by atoms with E-state index in [-0.39, 0.29) is 59.8 Å². The summed E-state index contributed by atoms with van der Waals surface area (Å²) < 4.78 is 22.9. The molecule has 0 aromatic heterocycles. The molecule has 7 aromatic rings. The van der Waals surface area contributed by atoms with Crippen molar-refractivity contribution in [2.45, 2.75) is 64.5 Å². The van der Waals surface area contributed by atoms with Gasteiger partial charge in [-0.2, -0.15) is 0 Å². The number of amides is 2. The molecule has 2 N–H and O–H groups in total. The first-order valence-corrected chi connectivity index (χ1v) is 25.8. The highest BCUT2D eigenvalue weighted by molar-refractivity contribution is 6.10. The van der Waals surface area contributed by atoms with Crippen LogP contribution in [-0.4, -0.2) is 62.1 Å². The second-order valence-electron chi connectivity index (χ2n) is 19.0. The predicted octanol–water partition coefficient (Wildman–Crippen LogP) is 9.55. The van der Waals surface area contributed by atoms with Crippen LogP contribution in [0.5, 0.6) is 0 Å². The van der Waals surface area contributed by atoms with Gasteiger partial charge in [0.2, 0.25) is 0 Å². The minimum Gasteiger partial charge on any atom is -0.465 e. The molecule has 0 saturated carbocycles. The number of ether oxygens (including phenoxy) is 4. The summed E-state index contributed by atoms with van der Waals surface area (Å²) in [6.07, 6.45) is -1.73. The summed E-state index contributed by atoms with van der Waals surface area (Å²) in [5.41, 5.74) is -2.06. The fourth-order valence-electron chi connectivity index (χ4n) is 11.5. The predicted molar refractivity (Wildman–Crippen MR) is 286 cm³/mol. The molecule has 9 rings (SSSR count). The van der Waals surface area contributed by atoms with Gasteiger partial charge < -0.3 is 29.6 Å². The molecule has 7 aromatic carbocycles. The maximum atomic E-state index is 16.5. The lowest BCUT2D eigenvalue weighted by atomic mass is 9.76. The number of esters is 4. The van der Waals surface area contributed by atoms with E-state index >= 15 is 9.59 Å². The molecular formula is C64H60N2O10. The summed E-state index contributed by atoms with van der Waals surface area (Å²) in [6, 6.07) is 56.9. The van der Waals surface area contributed by atoms with Gasteiger partial charge in [0.25, 0.3) is 11.8 Å². The zero-order valence-electron chi connectivity index (χ0n) is 43.1. The summed E-state index contributed by atoms with van der Waals surface area (Å²) in [5, 5.41) is 6.95. The summed E-state index contributed by atoms with van der Waals surface area (Å²) in [4.78, 5) is 91.8. The average molecular weight is 1020 g/mol. The first-order chi connectivity index (χ1) is 36.9. The largest absolute Gasteiger partial charge is 0.465 e. The number of nitrogens with one attached hydrogen (secondary N) is 2. The monoisotopic (exact) mass is 1020 g/mol. The molecule has 0 spiro atoms. The molecular weight excluding hydrogens is 957 g/mol. The Morgan fingerprint density at radius 3 is 0.697 bits per heavy atom. The maximum absolute atomic E-state index is 16.5. The van der Waals surface area contributed by atoms with Crippen molar-refractivity contribution in [1.29, 1.82) is 0 Å². The van der Waals surface area contributed by atoms with Crippen LogP contribution >= 0.6 is 0 Å². The first-order valence-electron chi connectivity index (χ1n) is 25.8. The molecule has 2 amide bonds. The molecule has 0 aliphatic heterocycles. The van der Waals surface area contributed by atoms with Gasteiger partial charge in [-0.25, -0.2) is 0 Å². The van der Waals surface area contributed by atoms with Crippen molar-refractivity contribution < 1.29 is 47.7 Å². The number of rotatable bonds is 18. The van der Waals surface area contributed by atoms with Crippen LogP contribution in [0.3, 0.4) is 0 Å². The fraction of sp³-hybridized carbons (Fsp3) is 0.250. The third-order valence-corrected chi connectivity index (χ3v) is 14.8. The SMILES string of the molecule is CCOC(=O)C1(C(=O)OCC)Cc2c(c(C(=O)NC(c3ccccc3)(c3ccccc3)c3ccccc3)c3c(c2C(=O)NC(c2ccccc2)(c2ccccc2)c2ccccc2)CC(C(=O)OCC)(C(=O)OCC)C3)C1. The Balaban J connectivity index is 1.38. The van der Waals surface area contributed by atoms with Crippen LogP contribution in [0.2, 0.25) is 0 Å². The van der Waals surface area contributed by atoms with E-state index in [1.54, 1.807) is 27.7 Å². The topological polar surface area (TPSA) is 163 Å². The van der Waals surface area contributed by atoms with E-state index in [0.29, 0.717) is 33.4 Å². The van der Waals surface area contributed by atoms with Gasteiger partial charge in [0, 0.05) is 36.8 Å². The maximum Gasteiger partial charge on any atom is 0.324 e. The van der Waals surface area contributed by atoms with E-state index in [9.17, 15) is 19.2 Å². The summed E-state index contributed by atoms with van der Waals surface area (Å²) >= 11 is 0. The summed E-state index contributed by atoms with van der Waals surface area (Å²) in [7, 11) is 0. The van der Waals surface area contributed by atoms with Crippen molar-refractivity contribution >= 4 is 35.7 Å². The number of benzene rings is 7. The Kier molecular flexibility index (Phi) is 15.2. The Morgan fingerprint density at radius 2 is 0.526 bits per heavy atom. The van der Waals surface area contributed by atoms with Gasteiger partial charge in [0.1, 0.15) is 11.1 Å². The molecule has 2 aliphatic rings. The lowest BCUT2D eigenvalue weighted by molar-refractivity contribution is -0.172. The Labute approximate surface area is 442 Å². The molecule has 386 valence electrons. The van der Waals surface area contributed by atoms with Gasteiger partial charge in [0.05, 0.1) is 26.4 Å². The Bertz CT molecular complexity index is 2770. The van der Waals surface area contributed by atoms with Gasteiger partial charge in [0.15, 0.2) is 10.8 Å². The van der Waals surface area contributed by atoms with E-state index in [0.717, 1.165) is 0 Å². The van der Waals surface area contributed by atoms with E-state index in [1.165, 1.54) is 0 Å². The second-order valence-corrected chi connectivity index (χ2v) is 19.0. The van der Waals surface area contributed by atoms with Crippen LogP contribution in [0.25, 0.3) is 0 Å². The number of carbonyl (C=O) groups excluding carboxylic acids is 6. The van der Waals surface area contributed by atoms with Gasteiger partial charge in [-0.1, -0.05) is 182 Å². The highest BCUT2D eigenvalue weighted by Gasteiger charge is 2.60. The number of carbonyl (C=O) groups is 6. The fourth-order valence-corrected chi connectivity index (χ4v) is 11.5. The normalized spacial score (nSPS) is 14.1. The smallest absolute Gasteiger partial charge is 0.324 e. The average Bonchev–Trinajstić information content (AvgIpc) is 4.09. The van der Waals surface area contributed by atoms with E-state index in [1.807, 2.05) is 182 Å². The molecule has 0 radical (unpaired) electrons. The molecule has 76 heavy (non-hydrogen) atoms. The zero-order chi connectivity index (χ0) is 53.5. The number of hydrogen-bond donors (Lipinski definition) is 2. The van der Waals surface area contributed by atoms with Gasteiger partial charge in [-0.05, 0) is 83.3 Å². The van der Waals surface area contributed by atoms with Crippen molar-refractivity contribution in [3.63, 3.8) is 0 Å². The van der Waals surface area contributed by atoms with E-state index in [4.69, 9.17) is 18.9 Å². The second kappa shape index (κ2) is 22.1. The Morgan fingerprint density at radius 1 is 0.342 bits per heavy atom. The van der Waals surface area contributed by atoms with Crippen LogP contribution < -0.4 is 10.6 Å². The quantitative estimate of drug-likeness (QED) is 0.0366. The summed E-state index contributed by atoms with van der Waals surface area (Å²) in [5.74, 6) is -4.92. The molecule has 2 aliphatic carbocycles. The van der Waals surface area contributed by atoms with Gasteiger partial charge in [-0.3, -0.25) is 28.8 Å². The molecule has 12 nitrogen and oxygen atoms in total. The Hall–Kier alpha value is -8.64. The minimum atomic E-state index is -2.07. The highest BCUT2D eigenvalue weighted by atomic mass is 16.6. The van der Waals surface area contributed by atoms with Gasteiger partial charge in [-0.15, -0.1) is 0 Å². The van der Waals surface area contributed by atoms with Crippen molar-refractivity contribution in [2.24, 2.45) is 10.8 Å². The molecule has 0 saturated heterocycles. The van der Waals surface area contributed by atoms with Crippen LogP contribution in [0.1, 0.15) is 104 Å². The van der Waals surface area contributed by atoms with Crippen LogP contribution in [0, 0.1) is 10.8 Å². The van der Waals surface area contributed by atoms with E-state index in [2.05, 4.69) is 10.6 Å². The minimum absolute atomic E-state index is 0.0138. The third kappa shape index (κ3) is 9.01. The molecule has 0 bridgehead atoms. The molecule has 12 heteroatoms. The highest BCUT2D eigenvalue weighted by Crippen LogP contribution is 2.52. The van der Waals surface area contributed by atoms with Crippen LogP contribution in [0.4, 0.5) is 0 Å². The van der Waals surface area contributed by atoms with Crippen LogP contribution in [0.15, 0.2) is 182 Å². The van der Waals surface area contributed by atoms with Crippen LogP contribution in [-0.2, 0) is 74.9 Å². The van der Waals surface area contributed by atoms with Crippen molar-refractivity contribution in [3.05, 3.63) is 249 Å². The van der Waals surface area contributed by atoms with Crippen molar-refractivity contribution in [2.75, 3.05) is 26.4 Å². The summed E-state index contributed by atoms with van der Waals surface area (Å²) in [6.45, 7) is 6.16. The third-order valence-electron chi connectivity index (χ3n) is 14.8. The van der Waals surface area contributed by atoms with E-state index < -0.39 is 83.3 Å². The molecule has 0 atom stereocenters. The van der Waals surface area contributed by atoms with Crippen molar-refractivity contribution in [1.82, 2.24) is 10.6 Å². The standard InChI is InChI=1S/C64H60N2O10/c1-5-73-57(69)61(58(70)74-6-2)39-49-50(40-61)54(56(68)66-64(46-33-21-12-22-34-46,47-35-23-13-24-36-47)48-37-25-14-26-38-48)52-42-62(59(71)75-7-3,60(72)76-8-4)41-51(52)53(49)55(67)65-63(43-27-15-9-16-28-43,44-29-17-10-18-30-44)45-31-19-11-20-32-45/h9-38H,5-8,39-42H2,1-4H3,(H,65,67)(H,66,68). The lowest BCUT2D eigenvalue weighted by Gasteiger charge is -2.38. The first kappa shape index (κ1) is 52.2.